The minimum Gasteiger partial charge on any atom is -0.481 e. The first kappa shape index (κ1) is 14.7. The van der Waals surface area contributed by atoms with Crippen LogP contribution in [0.25, 0.3) is 0 Å². The van der Waals surface area contributed by atoms with Crippen LogP contribution >= 0.6 is 0 Å². The van der Waals surface area contributed by atoms with Gasteiger partial charge in [-0.3, -0.25) is 4.79 Å². The van der Waals surface area contributed by atoms with E-state index in [1.54, 1.807) is 0 Å². The summed E-state index contributed by atoms with van der Waals surface area (Å²) in [6.07, 6.45) is 0.873. The molecule has 0 bridgehead atoms. The van der Waals surface area contributed by atoms with Crippen molar-refractivity contribution in [2.24, 2.45) is 5.92 Å². The smallest absolute Gasteiger partial charge is 0.311 e. The van der Waals surface area contributed by atoms with Crippen LogP contribution in [0.3, 0.4) is 0 Å². The van der Waals surface area contributed by atoms with Crippen molar-refractivity contribution in [3.8, 4) is 0 Å². The predicted molar refractivity (Wildman–Crippen MR) is 75.0 cm³/mol. The molecule has 0 amide bonds. The van der Waals surface area contributed by atoms with E-state index in [-0.39, 0.29) is 11.3 Å². The maximum Gasteiger partial charge on any atom is 0.311 e. The number of hydrogen-bond acceptors (Lipinski definition) is 1. The topological polar surface area (TPSA) is 37.3 Å². The number of carboxylic acid groups (broad SMARTS) is 1. The minimum absolute atomic E-state index is 0.105. The Hall–Kier alpha value is -1.31. The molecule has 0 aromatic heterocycles. The Bertz CT molecular complexity index is 398. The number of carboxylic acids is 1. The summed E-state index contributed by atoms with van der Waals surface area (Å²) in [5.41, 5.74) is 2.25. The van der Waals surface area contributed by atoms with Gasteiger partial charge in [0.15, 0.2) is 0 Å². The van der Waals surface area contributed by atoms with Gasteiger partial charge in [0.05, 0.1) is 5.92 Å². The Morgan fingerprint density at radius 2 is 1.72 bits per heavy atom. The van der Waals surface area contributed by atoms with E-state index in [0.717, 1.165) is 12.0 Å². The third kappa shape index (κ3) is 3.34. The van der Waals surface area contributed by atoms with Crippen LogP contribution in [0, 0.1) is 5.92 Å². The maximum atomic E-state index is 11.4. The van der Waals surface area contributed by atoms with Gasteiger partial charge in [0.25, 0.3) is 0 Å². The minimum atomic E-state index is -0.729. The molecule has 1 N–H and O–H groups in total. The fourth-order valence-corrected chi connectivity index (χ4v) is 2.14. The molecule has 18 heavy (non-hydrogen) atoms. The molecule has 1 rings (SSSR count). The quantitative estimate of drug-likeness (QED) is 0.867. The molecule has 2 heteroatoms. The molecular weight excluding hydrogens is 224 g/mol. The molecule has 0 fully saturated rings. The average molecular weight is 248 g/mol. The van der Waals surface area contributed by atoms with Crippen LogP contribution < -0.4 is 0 Å². The lowest BCUT2D eigenvalue weighted by atomic mass is 9.82. The van der Waals surface area contributed by atoms with E-state index in [4.69, 9.17) is 0 Å². The van der Waals surface area contributed by atoms with Crippen LogP contribution in [-0.2, 0) is 10.2 Å². The highest BCUT2D eigenvalue weighted by molar-refractivity contribution is 5.76. The van der Waals surface area contributed by atoms with Gasteiger partial charge in [-0.15, -0.1) is 0 Å². The summed E-state index contributed by atoms with van der Waals surface area (Å²) < 4.78 is 0. The second-order valence-corrected chi connectivity index (χ2v) is 6.07. The van der Waals surface area contributed by atoms with E-state index in [0.29, 0.717) is 0 Å². The molecule has 2 atom stereocenters. The van der Waals surface area contributed by atoms with Gasteiger partial charge in [0.1, 0.15) is 0 Å². The number of hydrogen-bond donors (Lipinski definition) is 1. The highest BCUT2D eigenvalue weighted by atomic mass is 16.4. The fraction of sp³-hybridized carbons (Fsp3) is 0.562. The third-order valence-corrected chi connectivity index (χ3v) is 3.61. The molecule has 0 radical (unpaired) electrons. The van der Waals surface area contributed by atoms with Gasteiger partial charge < -0.3 is 5.11 Å². The van der Waals surface area contributed by atoms with Gasteiger partial charge in [0, 0.05) is 0 Å². The summed E-state index contributed by atoms with van der Waals surface area (Å²) in [5, 5.41) is 9.36. The summed E-state index contributed by atoms with van der Waals surface area (Å²) in [4.78, 5) is 11.4. The van der Waals surface area contributed by atoms with Gasteiger partial charge in [0.2, 0.25) is 0 Å². The van der Waals surface area contributed by atoms with E-state index < -0.39 is 11.9 Å². The SMILES string of the molecule is CCC(C)C(C(=O)O)c1ccc(C(C)(C)C)cc1. The van der Waals surface area contributed by atoms with E-state index >= 15 is 0 Å². The zero-order chi connectivity index (χ0) is 13.9. The second-order valence-electron chi connectivity index (χ2n) is 6.07. The van der Waals surface area contributed by atoms with Crippen LogP contribution in [0.15, 0.2) is 24.3 Å². The van der Waals surface area contributed by atoms with Crippen LogP contribution in [0.1, 0.15) is 58.1 Å². The zero-order valence-corrected chi connectivity index (χ0v) is 12.0. The van der Waals surface area contributed by atoms with E-state index in [1.165, 1.54) is 5.56 Å². The third-order valence-electron chi connectivity index (χ3n) is 3.61. The monoisotopic (exact) mass is 248 g/mol. The van der Waals surface area contributed by atoms with Crippen LogP contribution in [0.2, 0.25) is 0 Å². The van der Waals surface area contributed by atoms with Crippen LogP contribution in [-0.4, -0.2) is 11.1 Å². The van der Waals surface area contributed by atoms with E-state index in [2.05, 4.69) is 20.8 Å². The normalized spacial score (nSPS) is 15.2. The van der Waals surface area contributed by atoms with E-state index in [9.17, 15) is 9.90 Å². The Kier molecular flexibility index (Phi) is 4.55. The van der Waals surface area contributed by atoms with Crippen LogP contribution in [0.5, 0.6) is 0 Å². The largest absolute Gasteiger partial charge is 0.481 e. The summed E-state index contributed by atoms with van der Waals surface area (Å²) in [6.45, 7) is 10.5. The lowest BCUT2D eigenvalue weighted by Crippen LogP contribution is -2.19. The Morgan fingerprint density at radius 1 is 1.22 bits per heavy atom. The molecule has 0 saturated carbocycles. The van der Waals surface area contributed by atoms with Crippen molar-refractivity contribution in [1.29, 1.82) is 0 Å². The molecule has 2 unspecified atom stereocenters. The standard InChI is InChI=1S/C16H24O2/c1-6-11(2)14(15(17)18)12-7-9-13(10-8-12)16(3,4)5/h7-11,14H,6H2,1-5H3,(H,17,18). The highest BCUT2D eigenvalue weighted by Crippen LogP contribution is 2.29. The molecule has 0 aliphatic carbocycles. The number of rotatable bonds is 4. The van der Waals surface area contributed by atoms with Crippen molar-refractivity contribution < 1.29 is 9.90 Å². The molecule has 1 aromatic carbocycles. The zero-order valence-electron chi connectivity index (χ0n) is 12.0. The van der Waals surface area contributed by atoms with Crippen LogP contribution in [0.4, 0.5) is 0 Å². The molecule has 0 aliphatic rings. The van der Waals surface area contributed by atoms with Crippen molar-refractivity contribution in [3.63, 3.8) is 0 Å². The van der Waals surface area contributed by atoms with E-state index in [1.807, 2.05) is 38.1 Å². The molecule has 1 aromatic rings. The number of aliphatic carboxylic acids is 1. The van der Waals surface area contributed by atoms with Gasteiger partial charge in [-0.1, -0.05) is 65.3 Å². The van der Waals surface area contributed by atoms with Crippen molar-refractivity contribution in [2.75, 3.05) is 0 Å². The van der Waals surface area contributed by atoms with Gasteiger partial charge >= 0.3 is 5.97 Å². The first-order chi connectivity index (χ1) is 8.27. The maximum absolute atomic E-state index is 11.4. The molecule has 100 valence electrons. The Morgan fingerprint density at radius 3 is 2.06 bits per heavy atom. The summed E-state index contributed by atoms with van der Waals surface area (Å²) in [7, 11) is 0. The Balaban J connectivity index is 3.05. The average Bonchev–Trinajstić information content (AvgIpc) is 2.28. The molecule has 2 nitrogen and oxygen atoms in total. The molecule has 0 spiro atoms. The Labute approximate surface area is 110 Å². The van der Waals surface area contributed by atoms with Gasteiger partial charge in [-0.05, 0) is 22.5 Å². The lowest BCUT2D eigenvalue weighted by Gasteiger charge is -2.22. The summed E-state index contributed by atoms with van der Waals surface area (Å²) >= 11 is 0. The first-order valence-electron chi connectivity index (χ1n) is 6.60. The van der Waals surface area contributed by atoms with Crippen molar-refractivity contribution in [2.45, 2.75) is 52.4 Å². The van der Waals surface area contributed by atoms with Crippen molar-refractivity contribution in [1.82, 2.24) is 0 Å². The molecular formula is C16H24O2. The van der Waals surface area contributed by atoms with Gasteiger partial charge in [-0.2, -0.15) is 0 Å². The van der Waals surface area contributed by atoms with Crippen molar-refractivity contribution >= 4 is 5.97 Å². The van der Waals surface area contributed by atoms with Gasteiger partial charge in [-0.25, -0.2) is 0 Å². The lowest BCUT2D eigenvalue weighted by molar-refractivity contribution is -0.140. The summed E-state index contributed by atoms with van der Waals surface area (Å²) in [5.74, 6) is -0.972. The fourth-order valence-electron chi connectivity index (χ4n) is 2.14. The summed E-state index contributed by atoms with van der Waals surface area (Å²) in [6, 6.07) is 8.03. The first-order valence-corrected chi connectivity index (χ1v) is 6.60. The molecule has 0 aliphatic heterocycles. The number of benzene rings is 1. The highest BCUT2D eigenvalue weighted by Gasteiger charge is 2.25. The second kappa shape index (κ2) is 5.55. The molecule has 0 heterocycles. The number of carbonyl (C=O) groups is 1. The molecule has 0 saturated heterocycles. The van der Waals surface area contributed by atoms with Crippen molar-refractivity contribution in [3.05, 3.63) is 35.4 Å². The predicted octanol–water partition coefficient (Wildman–Crippen LogP) is 4.20.